The summed E-state index contributed by atoms with van der Waals surface area (Å²) in [6, 6.07) is 21.1. The summed E-state index contributed by atoms with van der Waals surface area (Å²) in [6.45, 7) is 8.54. The van der Waals surface area contributed by atoms with Gasteiger partial charge in [-0.05, 0) is 42.2 Å². The second-order valence-electron chi connectivity index (χ2n) is 8.51. The van der Waals surface area contributed by atoms with Gasteiger partial charge in [-0.2, -0.15) is 0 Å². The van der Waals surface area contributed by atoms with Crippen LogP contribution in [0, 0.1) is 0 Å². The second-order valence-corrected chi connectivity index (χ2v) is 8.51. The summed E-state index contributed by atoms with van der Waals surface area (Å²) < 4.78 is 5.85. The predicted molar refractivity (Wildman–Crippen MR) is 114 cm³/mol. The van der Waals surface area contributed by atoms with Gasteiger partial charge in [-0.25, -0.2) is 0 Å². The molecule has 1 unspecified atom stereocenters. The quantitative estimate of drug-likeness (QED) is 0.474. The maximum Gasteiger partial charge on any atom is 0.0525 e. The highest BCUT2D eigenvalue weighted by atomic mass is 16.5. The van der Waals surface area contributed by atoms with E-state index in [9.17, 15) is 5.11 Å². The van der Waals surface area contributed by atoms with Crippen LogP contribution in [0.3, 0.4) is 0 Å². The van der Waals surface area contributed by atoms with Crippen LogP contribution < -0.4 is 0 Å². The Morgan fingerprint density at radius 2 is 1.26 bits per heavy atom. The number of unbranched alkanes of at least 4 members (excludes halogenated alkanes) is 1. The maximum absolute atomic E-state index is 9.84. The van der Waals surface area contributed by atoms with Crippen molar-refractivity contribution in [3.05, 3.63) is 71.8 Å². The molecule has 0 spiro atoms. The summed E-state index contributed by atoms with van der Waals surface area (Å²) in [5.74, 6) is 0. The highest BCUT2D eigenvalue weighted by Gasteiger charge is 2.25. The highest BCUT2D eigenvalue weighted by molar-refractivity contribution is 5.24. The predicted octanol–water partition coefficient (Wildman–Crippen LogP) is 5.88. The fourth-order valence-corrected chi connectivity index (χ4v) is 3.63. The molecule has 0 aromatic heterocycles. The summed E-state index contributed by atoms with van der Waals surface area (Å²) >= 11 is 0. The first-order chi connectivity index (χ1) is 13.0. The SMILES string of the molecule is CC(C)(CCCCOCCCC(C)(CO)c1ccccc1)c1ccccc1. The Morgan fingerprint density at radius 3 is 1.85 bits per heavy atom. The molecule has 1 N–H and O–H groups in total. The van der Waals surface area contributed by atoms with E-state index in [1.54, 1.807) is 0 Å². The van der Waals surface area contributed by atoms with Gasteiger partial charge < -0.3 is 9.84 Å². The lowest BCUT2D eigenvalue weighted by Crippen LogP contribution is -2.27. The summed E-state index contributed by atoms with van der Waals surface area (Å²) in [5.41, 5.74) is 2.66. The lowest BCUT2D eigenvalue weighted by atomic mass is 9.79. The Kier molecular flexibility index (Phi) is 8.53. The summed E-state index contributed by atoms with van der Waals surface area (Å²) in [4.78, 5) is 0. The molecule has 0 aliphatic rings. The summed E-state index contributed by atoms with van der Waals surface area (Å²) in [7, 11) is 0. The van der Waals surface area contributed by atoms with Crippen LogP contribution in [0.25, 0.3) is 0 Å². The van der Waals surface area contributed by atoms with E-state index in [4.69, 9.17) is 4.74 Å². The van der Waals surface area contributed by atoms with Gasteiger partial charge >= 0.3 is 0 Å². The van der Waals surface area contributed by atoms with Crippen LogP contribution in [0.4, 0.5) is 0 Å². The normalized spacial score (nSPS) is 14.1. The molecule has 27 heavy (non-hydrogen) atoms. The van der Waals surface area contributed by atoms with Gasteiger partial charge in [0.15, 0.2) is 0 Å². The molecule has 0 saturated heterocycles. The van der Waals surface area contributed by atoms with Crippen LogP contribution in [0.15, 0.2) is 60.7 Å². The Morgan fingerprint density at radius 1 is 0.704 bits per heavy atom. The van der Waals surface area contributed by atoms with Gasteiger partial charge in [-0.1, -0.05) is 87.9 Å². The lowest BCUT2D eigenvalue weighted by Gasteiger charge is -2.28. The molecule has 0 fully saturated rings. The molecule has 0 heterocycles. The fraction of sp³-hybridized carbons (Fsp3) is 0.520. The molecule has 1 atom stereocenters. The van der Waals surface area contributed by atoms with Crippen molar-refractivity contribution in [2.45, 2.75) is 63.7 Å². The van der Waals surface area contributed by atoms with Gasteiger partial charge in [0.2, 0.25) is 0 Å². The van der Waals surface area contributed by atoms with Crippen molar-refractivity contribution in [1.29, 1.82) is 0 Å². The first kappa shape index (κ1) is 21.7. The number of aliphatic hydroxyl groups excluding tert-OH is 1. The minimum Gasteiger partial charge on any atom is -0.395 e. The van der Waals surface area contributed by atoms with Crippen LogP contribution in [-0.2, 0) is 15.6 Å². The van der Waals surface area contributed by atoms with E-state index in [0.717, 1.165) is 32.5 Å². The van der Waals surface area contributed by atoms with E-state index in [2.05, 4.69) is 63.2 Å². The van der Waals surface area contributed by atoms with Gasteiger partial charge in [-0.15, -0.1) is 0 Å². The average molecular weight is 369 g/mol. The molecule has 0 aliphatic carbocycles. The average Bonchev–Trinajstić information content (AvgIpc) is 2.71. The number of ether oxygens (including phenoxy) is 1. The van der Waals surface area contributed by atoms with Crippen LogP contribution in [0.1, 0.15) is 64.0 Å². The smallest absolute Gasteiger partial charge is 0.0525 e. The summed E-state index contributed by atoms with van der Waals surface area (Å²) in [5, 5.41) is 9.84. The fourth-order valence-electron chi connectivity index (χ4n) is 3.63. The molecule has 148 valence electrons. The Labute approximate surface area is 165 Å². The molecule has 2 aromatic rings. The number of hydrogen-bond donors (Lipinski definition) is 1. The van der Waals surface area contributed by atoms with Gasteiger partial charge in [0.25, 0.3) is 0 Å². The molecule has 2 heteroatoms. The second kappa shape index (κ2) is 10.6. The van der Waals surface area contributed by atoms with Crippen molar-refractivity contribution in [2.75, 3.05) is 19.8 Å². The van der Waals surface area contributed by atoms with Gasteiger partial charge in [0.1, 0.15) is 0 Å². The first-order valence-electron chi connectivity index (χ1n) is 10.3. The Bertz CT molecular complexity index is 636. The van der Waals surface area contributed by atoms with Crippen molar-refractivity contribution >= 4 is 0 Å². The van der Waals surface area contributed by atoms with Gasteiger partial charge in [0.05, 0.1) is 6.61 Å². The van der Waals surface area contributed by atoms with Crippen molar-refractivity contribution in [2.24, 2.45) is 0 Å². The third-order valence-electron chi connectivity index (χ3n) is 5.73. The lowest BCUT2D eigenvalue weighted by molar-refractivity contribution is 0.113. The van der Waals surface area contributed by atoms with Crippen molar-refractivity contribution in [3.63, 3.8) is 0 Å². The van der Waals surface area contributed by atoms with Gasteiger partial charge in [0, 0.05) is 18.6 Å². The van der Waals surface area contributed by atoms with Crippen molar-refractivity contribution in [1.82, 2.24) is 0 Å². The van der Waals surface area contributed by atoms with E-state index in [1.165, 1.54) is 24.0 Å². The van der Waals surface area contributed by atoms with Crippen LogP contribution in [0.5, 0.6) is 0 Å². The van der Waals surface area contributed by atoms with E-state index in [1.807, 2.05) is 18.2 Å². The zero-order valence-electron chi connectivity index (χ0n) is 17.3. The molecule has 0 radical (unpaired) electrons. The zero-order valence-corrected chi connectivity index (χ0v) is 17.3. The first-order valence-corrected chi connectivity index (χ1v) is 10.3. The van der Waals surface area contributed by atoms with Gasteiger partial charge in [-0.3, -0.25) is 0 Å². The molecular weight excluding hydrogens is 332 g/mol. The van der Waals surface area contributed by atoms with E-state index >= 15 is 0 Å². The molecule has 0 amide bonds. The minimum atomic E-state index is -0.176. The topological polar surface area (TPSA) is 29.5 Å². The number of aliphatic hydroxyl groups is 1. The number of rotatable bonds is 12. The summed E-state index contributed by atoms with van der Waals surface area (Å²) in [6.07, 6.45) is 5.37. The molecule has 0 bridgehead atoms. The molecule has 2 rings (SSSR count). The molecule has 2 nitrogen and oxygen atoms in total. The Hall–Kier alpha value is -1.64. The van der Waals surface area contributed by atoms with Crippen molar-refractivity contribution in [3.8, 4) is 0 Å². The molecule has 0 aliphatic heterocycles. The zero-order chi connectivity index (χ0) is 19.6. The van der Waals surface area contributed by atoms with E-state index in [-0.39, 0.29) is 17.4 Å². The number of hydrogen-bond acceptors (Lipinski definition) is 2. The third-order valence-corrected chi connectivity index (χ3v) is 5.73. The number of benzene rings is 2. The highest BCUT2D eigenvalue weighted by Crippen LogP contribution is 2.29. The molecular formula is C25H36O2. The van der Waals surface area contributed by atoms with E-state index < -0.39 is 0 Å². The monoisotopic (exact) mass is 368 g/mol. The maximum atomic E-state index is 9.84. The Balaban J connectivity index is 1.61. The van der Waals surface area contributed by atoms with Crippen LogP contribution in [-0.4, -0.2) is 24.9 Å². The third kappa shape index (κ3) is 6.79. The van der Waals surface area contributed by atoms with Crippen LogP contribution in [0.2, 0.25) is 0 Å². The minimum absolute atomic E-state index is 0.172. The molecule has 2 aromatic carbocycles. The largest absolute Gasteiger partial charge is 0.395 e. The standard InChI is InChI=1S/C25H36O2/c1-24(2,22-13-6-4-7-14-22)17-10-11-19-27-20-12-18-25(3,21-26)23-15-8-5-9-16-23/h4-9,13-16,26H,10-12,17-21H2,1-3H3. The van der Waals surface area contributed by atoms with E-state index in [0.29, 0.717) is 0 Å². The van der Waals surface area contributed by atoms with Crippen molar-refractivity contribution < 1.29 is 9.84 Å². The molecule has 0 saturated carbocycles. The van der Waals surface area contributed by atoms with Crippen LogP contribution >= 0.6 is 0 Å².